The molecule has 1 fully saturated rings. The molecule has 1 amide bonds. The molecule has 2 aromatic carbocycles. The summed E-state index contributed by atoms with van der Waals surface area (Å²) >= 11 is 12.5. The summed E-state index contributed by atoms with van der Waals surface area (Å²) in [5, 5.41) is 11.5. The van der Waals surface area contributed by atoms with Crippen LogP contribution in [0.5, 0.6) is 17.2 Å². The molecule has 1 N–H and O–H groups in total. The molecule has 1 saturated heterocycles. The first-order valence-electron chi connectivity index (χ1n) is 10.6. The van der Waals surface area contributed by atoms with Crippen molar-refractivity contribution in [1.29, 1.82) is 0 Å². The molecule has 33 heavy (non-hydrogen) atoms. The fourth-order valence-corrected chi connectivity index (χ4v) is 4.70. The van der Waals surface area contributed by atoms with Gasteiger partial charge in [-0.2, -0.15) is 0 Å². The van der Waals surface area contributed by atoms with Crippen LogP contribution >= 0.6 is 23.2 Å². The van der Waals surface area contributed by atoms with Crippen molar-refractivity contribution in [3.8, 4) is 17.2 Å². The highest BCUT2D eigenvalue weighted by Crippen LogP contribution is 2.44. The first-order chi connectivity index (χ1) is 15.9. The minimum atomic E-state index is -0.799. The van der Waals surface area contributed by atoms with Gasteiger partial charge in [0.15, 0.2) is 17.2 Å². The van der Waals surface area contributed by atoms with Gasteiger partial charge in [0.1, 0.15) is 19.0 Å². The van der Waals surface area contributed by atoms with E-state index >= 15 is 0 Å². The zero-order valence-electron chi connectivity index (χ0n) is 18.2. The highest BCUT2D eigenvalue weighted by Gasteiger charge is 2.46. The SMILES string of the molecule is CCCCN1C(=O)C(=O)/C(=C(/O)c2cc(Cl)c(OC)c(Cl)c2)C1c1ccc2c(c1)OCCO2. The molecule has 0 saturated carbocycles. The molecule has 174 valence electrons. The second kappa shape index (κ2) is 9.53. The molecule has 9 heteroatoms. The lowest BCUT2D eigenvalue weighted by Crippen LogP contribution is -2.30. The predicted octanol–water partition coefficient (Wildman–Crippen LogP) is 5.00. The molecule has 0 bridgehead atoms. The number of aliphatic hydroxyl groups excluding tert-OH is 1. The van der Waals surface area contributed by atoms with E-state index in [4.69, 9.17) is 37.4 Å². The molecule has 1 atom stereocenters. The van der Waals surface area contributed by atoms with E-state index in [9.17, 15) is 14.7 Å². The van der Waals surface area contributed by atoms with Gasteiger partial charge in [-0.25, -0.2) is 0 Å². The van der Waals surface area contributed by atoms with Gasteiger partial charge in [-0.1, -0.05) is 42.6 Å². The normalized spacial score (nSPS) is 19.2. The van der Waals surface area contributed by atoms with Crippen molar-refractivity contribution >= 4 is 40.7 Å². The quantitative estimate of drug-likeness (QED) is 0.347. The van der Waals surface area contributed by atoms with E-state index in [0.717, 1.165) is 6.42 Å². The highest BCUT2D eigenvalue weighted by molar-refractivity contribution is 6.46. The van der Waals surface area contributed by atoms with Crippen molar-refractivity contribution in [3.63, 3.8) is 0 Å². The minimum Gasteiger partial charge on any atom is -0.507 e. The molecular weight excluding hydrogens is 469 g/mol. The van der Waals surface area contributed by atoms with Crippen molar-refractivity contribution < 1.29 is 28.9 Å². The Morgan fingerprint density at radius 3 is 2.42 bits per heavy atom. The third-order valence-electron chi connectivity index (χ3n) is 5.65. The molecule has 0 spiro atoms. The van der Waals surface area contributed by atoms with Gasteiger partial charge in [-0.15, -0.1) is 0 Å². The molecule has 0 aliphatic carbocycles. The van der Waals surface area contributed by atoms with Crippen LogP contribution in [0.4, 0.5) is 0 Å². The van der Waals surface area contributed by atoms with Crippen molar-refractivity contribution in [2.24, 2.45) is 0 Å². The van der Waals surface area contributed by atoms with E-state index in [-0.39, 0.29) is 32.7 Å². The molecule has 0 aromatic heterocycles. The third kappa shape index (κ3) is 4.23. The maximum Gasteiger partial charge on any atom is 0.295 e. The number of hydrogen-bond donors (Lipinski definition) is 1. The number of benzene rings is 2. The summed E-state index contributed by atoms with van der Waals surface area (Å²) in [4.78, 5) is 27.6. The number of carbonyl (C=O) groups excluding carboxylic acids is 2. The number of ketones is 1. The first kappa shape index (κ1) is 23.3. The van der Waals surface area contributed by atoms with Crippen LogP contribution in [0.2, 0.25) is 10.0 Å². The molecule has 1 unspecified atom stereocenters. The Hall–Kier alpha value is -2.90. The average Bonchev–Trinajstić information content (AvgIpc) is 3.06. The van der Waals surface area contributed by atoms with Crippen molar-refractivity contribution in [3.05, 3.63) is 57.1 Å². The number of rotatable bonds is 6. The van der Waals surface area contributed by atoms with Crippen LogP contribution in [-0.4, -0.2) is 48.6 Å². The van der Waals surface area contributed by atoms with Crippen LogP contribution < -0.4 is 14.2 Å². The van der Waals surface area contributed by atoms with Crippen LogP contribution in [0.1, 0.15) is 36.9 Å². The minimum absolute atomic E-state index is 0.0370. The fraction of sp³-hybridized carbons (Fsp3) is 0.333. The number of amides is 1. The number of aliphatic hydroxyl groups is 1. The van der Waals surface area contributed by atoms with E-state index in [1.165, 1.54) is 24.1 Å². The van der Waals surface area contributed by atoms with Crippen LogP contribution in [0, 0.1) is 0 Å². The Labute approximate surface area is 201 Å². The average molecular weight is 492 g/mol. The number of unbranched alkanes of at least 4 members (excludes halogenated alkanes) is 1. The molecule has 4 rings (SSSR count). The van der Waals surface area contributed by atoms with Gasteiger partial charge in [-0.3, -0.25) is 9.59 Å². The van der Waals surface area contributed by atoms with E-state index in [1.54, 1.807) is 18.2 Å². The summed E-state index contributed by atoms with van der Waals surface area (Å²) in [6.45, 7) is 3.20. The zero-order valence-corrected chi connectivity index (χ0v) is 19.7. The second-order valence-corrected chi connectivity index (χ2v) is 8.54. The Morgan fingerprint density at radius 1 is 1.12 bits per heavy atom. The van der Waals surface area contributed by atoms with Crippen LogP contribution in [0.3, 0.4) is 0 Å². The Balaban J connectivity index is 1.87. The maximum atomic E-state index is 13.1. The first-order valence-corrected chi connectivity index (χ1v) is 11.3. The van der Waals surface area contributed by atoms with Gasteiger partial charge in [0, 0.05) is 12.1 Å². The summed E-state index contributed by atoms with van der Waals surface area (Å²) in [5.41, 5.74) is 0.800. The van der Waals surface area contributed by atoms with Gasteiger partial charge < -0.3 is 24.2 Å². The highest BCUT2D eigenvalue weighted by atomic mass is 35.5. The molecule has 7 nitrogen and oxygen atoms in total. The lowest BCUT2D eigenvalue weighted by molar-refractivity contribution is -0.139. The summed E-state index contributed by atoms with van der Waals surface area (Å²) in [7, 11) is 1.42. The van der Waals surface area contributed by atoms with Gasteiger partial charge in [-0.05, 0) is 36.2 Å². The number of methoxy groups -OCH3 is 1. The van der Waals surface area contributed by atoms with Crippen molar-refractivity contribution in [2.45, 2.75) is 25.8 Å². The van der Waals surface area contributed by atoms with E-state index in [0.29, 0.717) is 43.2 Å². The number of likely N-dealkylation sites (tertiary alicyclic amines) is 1. The largest absolute Gasteiger partial charge is 0.507 e. The Morgan fingerprint density at radius 2 is 1.79 bits per heavy atom. The smallest absolute Gasteiger partial charge is 0.295 e. The Kier molecular flexibility index (Phi) is 6.72. The number of carbonyl (C=O) groups is 2. The maximum absolute atomic E-state index is 13.1. The summed E-state index contributed by atoms with van der Waals surface area (Å²) in [6, 6.07) is 7.34. The third-order valence-corrected chi connectivity index (χ3v) is 6.21. The number of ether oxygens (including phenoxy) is 3. The standard InChI is InChI=1S/C24H23Cl2NO6/c1-3-4-7-27-20(13-5-6-17-18(12-13)33-9-8-32-17)19(22(29)24(27)30)21(28)14-10-15(25)23(31-2)16(26)11-14/h5-6,10-12,20,28H,3-4,7-9H2,1-2H3/b21-19+. The predicted molar refractivity (Wildman–Crippen MR) is 124 cm³/mol. The van der Waals surface area contributed by atoms with Gasteiger partial charge in [0.05, 0.1) is 28.8 Å². The van der Waals surface area contributed by atoms with Gasteiger partial charge in [0.25, 0.3) is 11.7 Å². The van der Waals surface area contributed by atoms with Crippen molar-refractivity contribution in [1.82, 2.24) is 4.90 Å². The van der Waals surface area contributed by atoms with Gasteiger partial charge in [0.2, 0.25) is 0 Å². The van der Waals surface area contributed by atoms with Crippen molar-refractivity contribution in [2.75, 3.05) is 26.9 Å². The number of nitrogens with zero attached hydrogens (tertiary/aromatic N) is 1. The zero-order chi connectivity index (χ0) is 23.7. The second-order valence-electron chi connectivity index (χ2n) is 7.72. The van der Waals surface area contributed by atoms with Crippen LogP contribution in [0.25, 0.3) is 5.76 Å². The number of hydrogen-bond acceptors (Lipinski definition) is 6. The van der Waals surface area contributed by atoms with E-state index in [1.807, 2.05) is 6.92 Å². The van der Waals surface area contributed by atoms with E-state index in [2.05, 4.69) is 0 Å². The fourth-order valence-electron chi connectivity index (χ4n) is 4.06. The topological polar surface area (TPSA) is 85.3 Å². The molecule has 0 radical (unpaired) electrons. The van der Waals surface area contributed by atoms with Gasteiger partial charge >= 0.3 is 0 Å². The monoisotopic (exact) mass is 491 g/mol. The summed E-state index contributed by atoms with van der Waals surface area (Å²) in [5.74, 6) is -0.442. The number of halogens is 2. The molecule has 2 aromatic rings. The van der Waals surface area contributed by atoms with E-state index < -0.39 is 17.7 Å². The molecule has 2 aliphatic heterocycles. The summed E-state index contributed by atoms with van der Waals surface area (Å²) < 4.78 is 16.4. The molecule has 2 aliphatic rings. The van der Waals surface area contributed by atoms with Crippen LogP contribution in [-0.2, 0) is 9.59 Å². The number of Topliss-reactive ketones (excluding diaryl/α,β-unsaturated/α-hetero) is 1. The molecule has 2 heterocycles. The lowest BCUT2D eigenvalue weighted by atomic mass is 9.94. The number of fused-ring (bicyclic) bond motifs is 1. The summed E-state index contributed by atoms with van der Waals surface area (Å²) in [6.07, 6.45) is 1.54. The Bertz CT molecular complexity index is 1120. The lowest BCUT2D eigenvalue weighted by Gasteiger charge is -2.27. The molecular formula is C24H23Cl2NO6. The van der Waals surface area contributed by atoms with Crippen LogP contribution in [0.15, 0.2) is 35.9 Å².